The molecule has 0 radical (unpaired) electrons. The van der Waals surface area contributed by atoms with Gasteiger partial charge in [0.15, 0.2) is 0 Å². The number of nitrogens with one attached hydrogen (secondary N) is 1. The zero-order valence-electron chi connectivity index (χ0n) is 19.3. The number of halogens is 1. The zero-order chi connectivity index (χ0) is 26.0. The summed E-state index contributed by atoms with van der Waals surface area (Å²) in [6.45, 7) is 3.62. The number of ether oxygens (including phenoxy) is 1. The molecule has 0 atom stereocenters. The molecule has 0 saturated carbocycles. The van der Waals surface area contributed by atoms with Crippen molar-refractivity contribution < 1.29 is 24.0 Å². The van der Waals surface area contributed by atoms with Crippen LogP contribution in [-0.4, -0.2) is 22.8 Å². The van der Waals surface area contributed by atoms with Crippen LogP contribution in [0, 0.1) is 24.0 Å². The molecule has 1 N–H and O–H groups in total. The quantitative estimate of drug-likeness (QED) is 0.215. The van der Waals surface area contributed by atoms with Crippen molar-refractivity contribution in [1.29, 1.82) is 0 Å². The number of carbonyl (C=O) groups excluding carboxylic acids is 3. The minimum Gasteiger partial charge on any atom is -0.488 e. The van der Waals surface area contributed by atoms with Crippen LogP contribution >= 0.6 is 11.6 Å². The van der Waals surface area contributed by atoms with E-state index in [1.165, 1.54) is 24.3 Å². The summed E-state index contributed by atoms with van der Waals surface area (Å²) in [4.78, 5) is 50.0. The van der Waals surface area contributed by atoms with Gasteiger partial charge in [-0.05, 0) is 60.9 Å². The third kappa shape index (κ3) is 4.96. The molecule has 3 aromatic rings. The number of non-ortho nitro benzene ring substituents is 1. The molecule has 0 unspecified atom stereocenters. The van der Waals surface area contributed by atoms with Gasteiger partial charge in [-0.15, -0.1) is 0 Å². The maximum atomic E-state index is 13.3. The second-order valence-corrected chi connectivity index (χ2v) is 8.51. The number of anilines is 1. The number of nitro groups is 1. The van der Waals surface area contributed by atoms with Gasteiger partial charge in [0.1, 0.15) is 17.9 Å². The Morgan fingerprint density at radius 2 is 1.81 bits per heavy atom. The van der Waals surface area contributed by atoms with Gasteiger partial charge in [0, 0.05) is 22.7 Å². The van der Waals surface area contributed by atoms with Crippen LogP contribution in [-0.2, 0) is 16.2 Å². The maximum Gasteiger partial charge on any atom is 0.335 e. The average molecular weight is 506 g/mol. The molecule has 10 heteroatoms. The normalized spacial score (nSPS) is 14.7. The molecule has 0 spiro atoms. The average Bonchev–Trinajstić information content (AvgIpc) is 2.84. The predicted molar refractivity (Wildman–Crippen MR) is 134 cm³/mol. The third-order valence-corrected chi connectivity index (χ3v) is 5.94. The van der Waals surface area contributed by atoms with Crippen molar-refractivity contribution in [2.45, 2.75) is 20.5 Å². The first kappa shape index (κ1) is 24.6. The number of hydrogen-bond acceptors (Lipinski definition) is 6. The van der Waals surface area contributed by atoms with E-state index in [4.69, 9.17) is 16.3 Å². The van der Waals surface area contributed by atoms with Crippen molar-refractivity contribution >= 4 is 46.9 Å². The van der Waals surface area contributed by atoms with Crippen LogP contribution < -0.4 is 15.0 Å². The van der Waals surface area contributed by atoms with Crippen molar-refractivity contribution in [3.05, 3.63) is 104 Å². The summed E-state index contributed by atoms with van der Waals surface area (Å²) in [6, 6.07) is 15.0. The summed E-state index contributed by atoms with van der Waals surface area (Å²) in [6.07, 6.45) is 1.30. The first-order valence-electron chi connectivity index (χ1n) is 10.8. The summed E-state index contributed by atoms with van der Waals surface area (Å²) in [5.41, 5.74) is 2.48. The predicted octanol–water partition coefficient (Wildman–Crippen LogP) is 5.11. The number of imide groups is 2. The Morgan fingerprint density at radius 3 is 2.56 bits per heavy atom. The standard InChI is InChI=1S/C26H20ClN3O6/c1-15-5-3-8-22(16(15)2)29-25(32)21(24(31)28-26(29)33)13-18-12-19(27)9-10-23(18)36-14-17-6-4-7-20(11-17)30(34)35/h3-13H,14H2,1-2H3,(H,28,31,33)/b21-13+. The summed E-state index contributed by atoms with van der Waals surface area (Å²) in [5.74, 6) is -1.35. The monoisotopic (exact) mass is 505 g/mol. The molecule has 4 rings (SSSR count). The molecule has 0 aromatic heterocycles. The number of carbonyl (C=O) groups is 3. The Morgan fingerprint density at radius 1 is 1.06 bits per heavy atom. The molecule has 1 aliphatic heterocycles. The molecule has 182 valence electrons. The number of nitro benzene ring substituents is 1. The van der Waals surface area contributed by atoms with Gasteiger partial charge < -0.3 is 4.74 Å². The number of nitrogens with zero attached hydrogens (tertiary/aromatic N) is 2. The first-order valence-corrected chi connectivity index (χ1v) is 11.2. The molecule has 1 heterocycles. The van der Waals surface area contributed by atoms with Gasteiger partial charge in [0.05, 0.1) is 10.6 Å². The van der Waals surface area contributed by atoms with E-state index in [2.05, 4.69) is 5.32 Å². The highest BCUT2D eigenvalue weighted by Gasteiger charge is 2.37. The number of hydrogen-bond donors (Lipinski definition) is 1. The lowest BCUT2D eigenvalue weighted by Crippen LogP contribution is -2.54. The lowest BCUT2D eigenvalue weighted by Gasteiger charge is -2.28. The van der Waals surface area contributed by atoms with E-state index in [0.29, 0.717) is 21.8 Å². The van der Waals surface area contributed by atoms with E-state index in [9.17, 15) is 24.5 Å². The van der Waals surface area contributed by atoms with Gasteiger partial charge in [-0.2, -0.15) is 0 Å². The number of urea groups is 1. The fraction of sp³-hybridized carbons (Fsp3) is 0.115. The van der Waals surface area contributed by atoms with E-state index < -0.39 is 22.8 Å². The molecule has 1 aliphatic rings. The van der Waals surface area contributed by atoms with Gasteiger partial charge in [0.2, 0.25) is 0 Å². The fourth-order valence-electron chi connectivity index (χ4n) is 3.69. The van der Waals surface area contributed by atoms with Crippen LogP contribution in [0.25, 0.3) is 6.08 Å². The van der Waals surface area contributed by atoms with Crippen molar-refractivity contribution in [1.82, 2.24) is 5.32 Å². The molecule has 1 saturated heterocycles. The molecule has 0 bridgehead atoms. The largest absolute Gasteiger partial charge is 0.488 e. The molecule has 4 amide bonds. The van der Waals surface area contributed by atoms with Crippen LogP contribution in [0.5, 0.6) is 5.75 Å². The third-order valence-electron chi connectivity index (χ3n) is 5.71. The number of amides is 4. The molecule has 9 nitrogen and oxygen atoms in total. The Labute approximate surface area is 211 Å². The van der Waals surface area contributed by atoms with Gasteiger partial charge in [-0.1, -0.05) is 35.9 Å². The number of benzene rings is 3. The molecular weight excluding hydrogens is 486 g/mol. The smallest absolute Gasteiger partial charge is 0.335 e. The van der Waals surface area contributed by atoms with Gasteiger partial charge in [-0.3, -0.25) is 25.0 Å². The van der Waals surface area contributed by atoms with E-state index >= 15 is 0 Å². The van der Waals surface area contributed by atoms with Gasteiger partial charge in [-0.25, -0.2) is 9.69 Å². The van der Waals surface area contributed by atoms with Crippen LogP contribution in [0.3, 0.4) is 0 Å². The van der Waals surface area contributed by atoms with E-state index in [1.807, 2.05) is 13.0 Å². The molecule has 0 aliphatic carbocycles. The van der Waals surface area contributed by atoms with E-state index in [-0.39, 0.29) is 23.6 Å². The Hall–Kier alpha value is -4.50. The van der Waals surface area contributed by atoms with Crippen molar-refractivity contribution in [2.75, 3.05) is 4.90 Å². The van der Waals surface area contributed by atoms with Crippen LogP contribution in [0.15, 0.2) is 66.2 Å². The Bertz CT molecular complexity index is 1450. The van der Waals surface area contributed by atoms with Gasteiger partial charge in [0.25, 0.3) is 17.5 Å². The summed E-state index contributed by atoms with van der Waals surface area (Å²) >= 11 is 6.16. The summed E-state index contributed by atoms with van der Waals surface area (Å²) in [7, 11) is 0. The second-order valence-electron chi connectivity index (χ2n) is 8.07. The second kappa shape index (κ2) is 10.0. The summed E-state index contributed by atoms with van der Waals surface area (Å²) in [5, 5.41) is 13.6. The highest BCUT2D eigenvalue weighted by Crippen LogP contribution is 2.30. The van der Waals surface area contributed by atoms with Crippen molar-refractivity contribution in [3.8, 4) is 5.75 Å². The van der Waals surface area contributed by atoms with Crippen LogP contribution in [0.4, 0.5) is 16.2 Å². The topological polar surface area (TPSA) is 119 Å². The number of rotatable bonds is 6. The number of aryl methyl sites for hydroxylation is 1. The summed E-state index contributed by atoms with van der Waals surface area (Å²) < 4.78 is 5.84. The van der Waals surface area contributed by atoms with Crippen molar-refractivity contribution in [3.63, 3.8) is 0 Å². The Kier molecular flexibility index (Phi) is 6.84. The lowest BCUT2D eigenvalue weighted by molar-refractivity contribution is -0.384. The van der Waals surface area contributed by atoms with Gasteiger partial charge >= 0.3 is 6.03 Å². The highest BCUT2D eigenvalue weighted by atomic mass is 35.5. The van der Waals surface area contributed by atoms with Crippen LogP contribution in [0.1, 0.15) is 22.3 Å². The maximum absolute atomic E-state index is 13.3. The highest BCUT2D eigenvalue weighted by molar-refractivity contribution is 6.39. The minimum absolute atomic E-state index is 0.00722. The number of barbiturate groups is 1. The Balaban J connectivity index is 1.68. The molecular formula is C26H20ClN3O6. The fourth-order valence-corrected chi connectivity index (χ4v) is 3.87. The van der Waals surface area contributed by atoms with E-state index in [1.54, 1.807) is 43.3 Å². The molecule has 1 fully saturated rings. The SMILES string of the molecule is Cc1cccc(N2C(=O)NC(=O)/C(=C\c3cc(Cl)ccc3OCc3cccc([N+](=O)[O-])c3)C2=O)c1C. The molecule has 36 heavy (non-hydrogen) atoms. The zero-order valence-corrected chi connectivity index (χ0v) is 20.0. The lowest BCUT2D eigenvalue weighted by atomic mass is 10.0. The molecule has 3 aromatic carbocycles. The van der Waals surface area contributed by atoms with Crippen LogP contribution in [0.2, 0.25) is 5.02 Å². The van der Waals surface area contributed by atoms with Crippen molar-refractivity contribution in [2.24, 2.45) is 0 Å². The minimum atomic E-state index is -0.851. The van der Waals surface area contributed by atoms with E-state index in [0.717, 1.165) is 16.0 Å². The first-order chi connectivity index (χ1) is 17.2.